The Hall–Kier alpha value is -0.940. The van der Waals surface area contributed by atoms with E-state index in [1.807, 2.05) is 0 Å². The van der Waals surface area contributed by atoms with Gasteiger partial charge in [0.25, 0.3) is 0 Å². The fourth-order valence-corrected chi connectivity index (χ4v) is 3.15. The standard InChI is InChI=1S/C12H15ClN2O2S/c1-12(2)5-7-10(8(16)6-12)18-11(14-7)15-9(17)3-4-13/h3-6H2,1-2H3,(H,14,15,17). The molecule has 0 unspecified atom stereocenters. The van der Waals surface area contributed by atoms with E-state index in [2.05, 4.69) is 24.1 Å². The van der Waals surface area contributed by atoms with Crippen LogP contribution in [0.5, 0.6) is 0 Å². The molecule has 0 saturated heterocycles. The molecule has 0 spiro atoms. The summed E-state index contributed by atoms with van der Waals surface area (Å²) in [5.74, 6) is 0.238. The van der Waals surface area contributed by atoms with Crippen molar-refractivity contribution in [3.63, 3.8) is 0 Å². The van der Waals surface area contributed by atoms with Crippen molar-refractivity contribution in [1.29, 1.82) is 0 Å². The number of thiazole rings is 1. The maximum absolute atomic E-state index is 12.0. The minimum Gasteiger partial charge on any atom is -0.302 e. The van der Waals surface area contributed by atoms with Crippen LogP contribution in [0.15, 0.2) is 0 Å². The SMILES string of the molecule is CC1(C)CC(=O)c2sc(NC(=O)CCCl)nc2C1. The van der Waals surface area contributed by atoms with Crippen LogP contribution in [-0.2, 0) is 11.2 Å². The third kappa shape index (κ3) is 2.90. The fraction of sp³-hybridized carbons (Fsp3) is 0.583. The number of fused-ring (bicyclic) bond motifs is 1. The summed E-state index contributed by atoms with van der Waals surface area (Å²) < 4.78 is 0. The summed E-state index contributed by atoms with van der Waals surface area (Å²) in [6, 6.07) is 0. The molecule has 98 valence electrons. The van der Waals surface area contributed by atoms with Gasteiger partial charge in [0.15, 0.2) is 10.9 Å². The zero-order chi connectivity index (χ0) is 13.3. The first-order valence-electron chi connectivity index (χ1n) is 5.80. The Morgan fingerprint density at radius 1 is 1.50 bits per heavy atom. The van der Waals surface area contributed by atoms with Crippen molar-refractivity contribution in [1.82, 2.24) is 4.98 Å². The lowest BCUT2D eigenvalue weighted by atomic mass is 9.78. The number of Topliss-reactive ketones (excluding diaryl/α,β-unsaturated/α-hetero) is 1. The lowest BCUT2D eigenvalue weighted by Gasteiger charge is -2.26. The van der Waals surface area contributed by atoms with Crippen molar-refractivity contribution >= 4 is 39.8 Å². The molecular weight excluding hydrogens is 272 g/mol. The highest BCUT2D eigenvalue weighted by Gasteiger charge is 2.33. The summed E-state index contributed by atoms with van der Waals surface area (Å²) in [4.78, 5) is 28.4. The van der Waals surface area contributed by atoms with Gasteiger partial charge in [-0.05, 0) is 11.8 Å². The number of nitrogens with zero attached hydrogens (tertiary/aromatic N) is 1. The topological polar surface area (TPSA) is 59.1 Å². The van der Waals surface area contributed by atoms with E-state index in [1.165, 1.54) is 11.3 Å². The van der Waals surface area contributed by atoms with E-state index in [0.717, 1.165) is 12.1 Å². The van der Waals surface area contributed by atoms with E-state index in [4.69, 9.17) is 11.6 Å². The van der Waals surface area contributed by atoms with Gasteiger partial charge in [0.1, 0.15) is 0 Å². The molecule has 0 bridgehead atoms. The third-order valence-corrected chi connectivity index (χ3v) is 4.05. The molecule has 1 aliphatic carbocycles. The molecule has 1 N–H and O–H groups in total. The smallest absolute Gasteiger partial charge is 0.227 e. The van der Waals surface area contributed by atoms with Gasteiger partial charge in [-0.1, -0.05) is 25.2 Å². The number of ketones is 1. The van der Waals surface area contributed by atoms with Crippen LogP contribution in [-0.4, -0.2) is 22.6 Å². The third-order valence-electron chi connectivity index (χ3n) is 2.80. The van der Waals surface area contributed by atoms with Gasteiger partial charge in [-0.3, -0.25) is 9.59 Å². The minimum atomic E-state index is -0.164. The van der Waals surface area contributed by atoms with Crippen molar-refractivity contribution < 1.29 is 9.59 Å². The molecule has 1 aliphatic rings. The molecule has 1 heterocycles. The van der Waals surface area contributed by atoms with Crippen LogP contribution in [0.2, 0.25) is 0 Å². The lowest BCUT2D eigenvalue weighted by Crippen LogP contribution is -2.26. The minimum absolute atomic E-state index is 0.0461. The van der Waals surface area contributed by atoms with Gasteiger partial charge in [-0.15, -0.1) is 11.6 Å². The summed E-state index contributed by atoms with van der Waals surface area (Å²) >= 11 is 6.75. The molecule has 0 aromatic carbocycles. The van der Waals surface area contributed by atoms with Gasteiger partial charge in [0.2, 0.25) is 5.91 Å². The van der Waals surface area contributed by atoms with Crippen LogP contribution in [0.1, 0.15) is 42.1 Å². The van der Waals surface area contributed by atoms with E-state index in [9.17, 15) is 9.59 Å². The van der Waals surface area contributed by atoms with Crippen LogP contribution < -0.4 is 5.32 Å². The highest BCUT2D eigenvalue weighted by molar-refractivity contribution is 7.17. The molecule has 4 nitrogen and oxygen atoms in total. The van der Waals surface area contributed by atoms with E-state index >= 15 is 0 Å². The van der Waals surface area contributed by atoms with Crippen LogP contribution >= 0.6 is 22.9 Å². The van der Waals surface area contributed by atoms with E-state index < -0.39 is 0 Å². The molecule has 1 aromatic rings. The van der Waals surface area contributed by atoms with Gasteiger partial charge in [0, 0.05) is 18.7 Å². The van der Waals surface area contributed by atoms with Crippen LogP contribution in [0, 0.1) is 5.41 Å². The first kappa shape index (κ1) is 13.5. The molecule has 2 rings (SSSR count). The number of hydrogen-bond donors (Lipinski definition) is 1. The van der Waals surface area contributed by atoms with Crippen molar-refractivity contribution in [3.8, 4) is 0 Å². The summed E-state index contributed by atoms with van der Waals surface area (Å²) in [5.41, 5.74) is 0.762. The van der Waals surface area contributed by atoms with Gasteiger partial charge in [-0.25, -0.2) is 4.98 Å². The number of carbonyl (C=O) groups excluding carboxylic acids is 2. The number of anilines is 1. The Bertz CT molecular complexity index is 496. The molecule has 0 radical (unpaired) electrons. The first-order valence-corrected chi connectivity index (χ1v) is 7.15. The number of rotatable bonds is 3. The van der Waals surface area contributed by atoms with Gasteiger partial charge in [-0.2, -0.15) is 0 Å². The molecular formula is C12H15ClN2O2S. The highest BCUT2D eigenvalue weighted by Crippen LogP contribution is 2.38. The molecule has 18 heavy (non-hydrogen) atoms. The van der Waals surface area contributed by atoms with Gasteiger partial charge >= 0.3 is 0 Å². The average molecular weight is 287 g/mol. The van der Waals surface area contributed by atoms with E-state index in [1.54, 1.807) is 0 Å². The van der Waals surface area contributed by atoms with Gasteiger partial charge < -0.3 is 5.32 Å². The quantitative estimate of drug-likeness (QED) is 0.869. The average Bonchev–Trinajstić information content (AvgIpc) is 2.58. The van der Waals surface area contributed by atoms with Crippen LogP contribution in [0.3, 0.4) is 0 Å². The molecule has 0 atom stereocenters. The number of aromatic nitrogens is 1. The predicted octanol–water partition coefficient (Wildman–Crippen LogP) is 2.87. The maximum Gasteiger partial charge on any atom is 0.227 e. The zero-order valence-electron chi connectivity index (χ0n) is 10.4. The Balaban J connectivity index is 2.19. The molecule has 0 aliphatic heterocycles. The van der Waals surface area contributed by atoms with E-state index in [-0.39, 0.29) is 29.4 Å². The highest BCUT2D eigenvalue weighted by atomic mass is 35.5. The largest absolute Gasteiger partial charge is 0.302 e. The Morgan fingerprint density at radius 3 is 2.89 bits per heavy atom. The molecule has 1 aromatic heterocycles. The molecule has 1 amide bonds. The summed E-state index contributed by atoms with van der Waals surface area (Å²) in [6.45, 7) is 4.11. The number of nitrogens with one attached hydrogen (secondary N) is 1. The van der Waals surface area contributed by atoms with Crippen molar-refractivity contribution in [2.75, 3.05) is 11.2 Å². The molecule has 0 fully saturated rings. The van der Waals surface area contributed by atoms with Crippen LogP contribution in [0.4, 0.5) is 5.13 Å². The summed E-state index contributed by atoms with van der Waals surface area (Å²) in [5, 5.41) is 3.18. The Morgan fingerprint density at radius 2 is 2.22 bits per heavy atom. The fourth-order valence-electron chi connectivity index (χ4n) is 2.04. The first-order chi connectivity index (χ1) is 8.41. The zero-order valence-corrected chi connectivity index (χ0v) is 12.0. The number of carbonyl (C=O) groups is 2. The summed E-state index contributed by atoms with van der Waals surface area (Å²) in [6.07, 6.45) is 1.57. The predicted molar refractivity (Wildman–Crippen MR) is 72.5 cm³/mol. The van der Waals surface area contributed by atoms with Crippen molar-refractivity contribution in [2.45, 2.75) is 33.1 Å². The molecule has 0 saturated carbocycles. The van der Waals surface area contributed by atoms with Crippen molar-refractivity contribution in [3.05, 3.63) is 10.6 Å². The normalized spacial score (nSPS) is 17.4. The second kappa shape index (κ2) is 4.97. The van der Waals surface area contributed by atoms with E-state index in [0.29, 0.717) is 16.4 Å². The second-order valence-electron chi connectivity index (χ2n) is 5.22. The number of hydrogen-bond acceptors (Lipinski definition) is 4. The number of alkyl halides is 1. The molecule has 6 heteroatoms. The van der Waals surface area contributed by atoms with Gasteiger partial charge in [0.05, 0.1) is 10.6 Å². The lowest BCUT2D eigenvalue weighted by molar-refractivity contribution is -0.115. The van der Waals surface area contributed by atoms with Crippen LogP contribution in [0.25, 0.3) is 0 Å². The number of amides is 1. The maximum atomic E-state index is 12.0. The van der Waals surface area contributed by atoms with Crippen molar-refractivity contribution in [2.24, 2.45) is 5.41 Å². The second-order valence-corrected chi connectivity index (χ2v) is 6.60. The number of halogens is 1. The monoisotopic (exact) mass is 286 g/mol. The Labute approximate surface area is 115 Å². The Kier molecular flexibility index (Phi) is 3.73. The summed E-state index contributed by atoms with van der Waals surface area (Å²) in [7, 11) is 0.